The zero-order chi connectivity index (χ0) is 23.5. The minimum Gasteiger partial charge on any atom is -0.479 e. The van der Waals surface area contributed by atoms with Crippen LogP contribution in [0.4, 0.5) is 8.78 Å². The Balaban J connectivity index is 1.75. The molecule has 0 aliphatic carbocycles. The Labute approximate surface area is 187 Å². The maximum absolute atomic E-state index is 12.8. The summed E-state index contributed by atoms with van der Waals surface area (Å²) >= 11 is 1.07. The normalized spacial score (nSPS) is 24.5. The van der Waals surface area contributed by atoms with Crippen LogP contribution in [0.3, 0.4) is 0 Å². The highest BCUT2D eigenvalue weighted by Gasteiger charge is 2.69. The number of hydrogen-bond acceptors (Lipinski definition) is 11. The van der Waals surface area contributed by atoms with Gasteiger partial charge in [-0.15, -0.1) is 16.9 Å². The summed E-state index contributed by atoms with van der Waals surface area (Å²) < 4.78 is 36.6. The van der Waals surface area contributed by atoms with Crippen molar-refractivity contribution in [2.45, 2.75) is 36.0 Å². The van der Waals surface area contributed by atoms with Gasteiger partial charge in [0, 0.05) is 7.11 Å². The van der Waals surface area contributed by atoms with E-state index in [9.17, 15) is 28.3 Å². The van der Waals surface area contributed by atoms with Crippen molar-refractivity contribution in [3.63, 3.8) is 0 Å². The Morgan fingerprint density at radius 3 is 2.84 bits per heavy atom. The van der Waals surface area contributed by atoms with Crippen LogP contribution in [0, 0.1) is 0 Å². The summed E-state index contributed by atoms with van der Waals surface area (Å²) in [4.78, 5) is 37.8. The van der Waals surface area contributed by atoms with E-state index in [0.717, 1.165) is 30.0 Å². The third kappa shape index (κ3) is 4.50. The molecule has 2 aliphatic heterocycles. The van der Waals surface area contributed by atoms with Gasteiger partial charge in [-0.05, 0) is 10.4 Å². The van der Waals surface area contributed by atoms with E-state index < -0.39 is 47.3 Å². The van der Waals surface area contributed by atoms with Crippen LogP contribution in [0.5, 0.6) is 0 Å². The predicted octanol–water partition coefficient (Wildman–Crippen LogP) is -1.19. The molecule has 1 unspecified atom stereocenters. The Morgan fingerprint density at radius 2 is 2.22 bits per heavy atom. The number of aliphatic hydroxyl groups excluding tert-OH is 1. The van der Waals surface area contributed by atoms with Gasteiger partial charge < -0.3 is 25.0 Å². The smallest absolute Gasteiger partial charge is 0.331 e. The van der Waals surface area contributed by atoms with Crippen LogP contribution >= 0.6 is 23.5 Å². The first-order chi connectivity index (χ1) is 15.2. The molecule has 1 aromatic rings. The summed E-state index contributed by atoms with van der Waals surface area (Å²) in [5.74, 6) is -6.09. The number of rotatable bonds is 11. The van der Waals surface area contributed by atoms with E-state index in [0.29, 0.717) is 5.82 Å². The molecule has 1 saturated heterocycles. The zero-order valence-electron chi connectivity index (χ0n) is 16.4. The number of halogens is 2. The van der Waals surface area contributed by atoms with Gasteiger partial charge in [0.25, 0.3) is 17.4 Å². The summed E-state index contributed by atoms with van der Waals surface area (Å²) in [5, 5.41) is 32.0. The third-order valence-electron chi connectivity index (χ3n) is 4.52. The number of hydrogen-bond donors (Lipinski definition) is 3. The van der Waals surface area contributed by atoms with Crippen molar-refractivity contribution in [2.75, 3.05) is 19.5 Å². The number of nitrogens with one attached hydrogen (secondary N) is 1. The standard InChI is InChI=1S/C15H18F2N6O7S2/c1-29-15(18-9(25)6-32-14(16)17)12(28)23-10(11(26)27)7(4-30-13(15)23)31-5-8-19-20-21-22(8)2-3-24/h4,10,13-14,24H,2-3,5-6H2,1H3,(H,18,25)(H,26,27)/t10?,13-,15+/m1/s1. The average Bonchev–Trinajstić information content (AvgIpc) is 3.20. The summed E-state index contributed by atoms with van der Waals surface area (Å²) in [6, 6.07) is -1.44. The highest BCUT2D eigenvalue weighted by Crippen LogP contribution is 2.43. The lowest BCUT2D eigenvalue weighted by Crippen LogP contribution is -2.84. The number of thioether (sulfide) groups is 2. The van der Waals surface area contributed by atoms with E-state index >= 15 is 0 Å². The molecule has 0 aromatic carbocycles. The highest BCUT2D eigenvalue weighted by molar-refractivity contribution is 8.02. The number of alkyl halides is 2. The summed E-state index contributed by atoms with van der Waals surface area (Å²) in [5.41, 5.74) is -2.04. The molecule has 3 N–H and O–H groups in total. The highest BCUT2D eigenvalue weighted by atomic mass is 32.2. The van der Waals surface area contributed by atoms with E-state index in [2.05, 4.69) is 20.8 Å². The van der Waals surface area contributed by atoms with Gasteiger partial charge in [-0.25, -0.2) is 9.48 Å². The molecule has 2 aliphatic rings. The first kappa shape index (κ1) is 24.1. The van der Waals surface area contributed by atoms with Crippen LogP contribution in [0.2, 0.25) is 0 Å². The van der Waals surface area contributed by atoms with Crippen LogP contribution in [0.25, 0.3) is 0 Å². The number of carboxylic acid groups (broad SMARTS) is 1. The Morgan fingerprint density at radius 1 is 1.47 bits per heavy atom. The van der Waals surface area contributed by atoms with Crippen LogP contribution in [-0.2, 0) is 36.2 Å². The van der Waals surface area contributed by atoms with Gasteiger partial charge >= 0.3 is 5.97 Å². The lowest BCUT2D eigenvalue weighted by atomic mass is 9.94. The minimum absolute atomic E-state index is 0.0615. The van der Waals surface area contributed by atoms with E-state index in [1.165, 1.54) is 4.68 Å². The van der Waals surface area contributed by atoms with E-state index in [1.807, 2.05) is 0 Å². The lowest BCUT2D eigenvalue weighted by Gasteiger charge is -2.56. The van der Waals surface area contributed by atoms with Crippen molar-refractivity contribution in [2.24, 2.45) is 0 Å². The number of methoxy groups -OCH3 is 1. The number of β-lactam (4-membered cyclic amide) rings is 1. The Hall–Kier alpha value is -2.50. The van der Waals surface area contributed by atoms with Crippen LogP contribution in [0.15, 0.2) is 11.2 Å². The van der Waals surface area contributed by atoms with Crippen LogP contribution in [-0.4, -0.2) is 96.3 Å². The first-order valence-corrected chi connectivity index (χ1v) is 10.9. The van der Waals surface area contributed by atoms with Crippen molar-refractivity contribution in [3.05, 3.63) is 17.0 Å². The molecular formula is C15H18F2N6O7S2. The number of aromatic nitrogens is 4. The number of aliphatic carboxylic acids is 1. The molecule has 0 saturated carbocycles. The maximum atomic E-state index is 12.8. The molecule has 0 spiro atoms. The molecule has 32 heavy (non-hydrogen) atoms. The quantitative estimate of drug-likeness (QED) is 0.248. The van der Waals surface area contributed by atoms with E-state index in [4.69, 9.17) is 14.6 Å². The zero-order valence-corrected chi connectivity index (χ0v) is 18.0. The number of nitrogens with zero attached hydrogens (tertiary/aromatic N) is 5. The molecule has 13 nitrogen and oxygen atoms in total. The molecule has 17 heteroatoms. The number of carbonyl (C=O) groups is 3. The SMILES string of the molecule is CO[C@@]1(NC(=O)CSC(F)F)C(=O)N2C(C(=O)O)C(SCc3nnnn3CCO)=CO[C@@H]21. The lowest BCUT2D eigenvalue weighted by molar-refractivity contribution is -0.259. The molecule has 1 fully saturated rings. The first-order valence-electron chi connectivity index (χ1n) is 8.90. The van der Waals surface area contributed by atoms with Crippen molar-refractivity contribution in [1.29, 1.82) is 0 Å². The summed E-state index contributed by atoms with van der Waals surface area (Å²) in [6.07, 6.45) is -0.184. The largest absolute Gasteiger partial charge is 0.479 e. The fourth-order valence-electron chi connectivity index (χ4n) is 3.11. The summed E-state index contributed by atoms with van der Waals surface area (Å²) in [6.45, 7) is -0.0513. The van der Waals surface area contributed by atoms with Crippen molar-refractivity contribution >= 4 is 41.3 Å². The van der Waals surface area contributed by atoms with Gasteiger partial charge in [0.2, 0.25) is 12.1 Å². The number of ether oxygens (including phenoxy) is 2. The monoisotopic (exact) mass is 496 g/mol. The number of carboxylic acids is 1. The van der Waals surface area contributed by atoms with Crippen LogP contribution < -0.4 is 5.32 Å². The van der Waals surface area contributed by atoms with Gasteiger partial charge in [0.1, 0.15) is 0 Å². The molecule has 3 heterocycles. The number of aliphatic hydroxyl groups is 1. The average molecular weight is 496 g/mol. The summed E-state index contributed by atoms with van der Waals surface area (Å²) in [7, 11) is 1.10. The van der Waals surface area contributed by atoms with E-state index in [1.54, 1.807) is 0 Å². The molecule has 3 rings (SSSR count). The second-order valence-electron chi connectivity index (χ2n) is 6.35. The molecule has 1 aromatic heterocycles. The molecule has 2 amide bonds. The maximum Gasteiger partial charge on any atom is 0.331 e. The molecule has 0 radical (unpaired) electrons. The van der Waals surface area contributed by atoms with Gasteiger partial charge in [-0.3, -0.25) is 14.5 Å². The molecule has 3 atom stereocenters. The topological polar surface area (TPSA) is 169 Å². The second-order valence-corrected chi connectivity index (χ2v) is 8.38. The van der Waals surface area contributed by atoms with Gasteiger partial charge in [0.15, 0.2) is 11.9 Å². The Bertz CT molecular complexity index is 919. The number of fused-ring (bicyclic) bond motifs is 1. The van der Waals surface area contributed by atoms with Gasteiger partial charge in [-0.1, -0.05) is 11.8 Å². The van der Waals surface area contributed by atoms with Gasteiger partial charge in [-0.2, -0.15) is 8.78 Å². The van der Waals surface area contributed by atoms with Gasteiger partial charge in [0.05, 0.1) is 35.8 Å². The van der Waals surface area contributed by atoms with Crippen molar-refractivity contribution < 1.29 is 42.9 Å². The molecule has 176 valence electrons. The minimum atomic E-state index is -2.78. The number of amides is 2. The van der Waals surface area contributed by atoms with Crippen molar-refractivity contribution in [1.82, 2.24) is 30.4 Å². The fraction of sp³-hybridized carbons (Fsp3) is 0.600. The molecule has 0 bridgehead atoms. The fourth-order valence-corrected chi connectivity index (χ4v) is 4.46. The van der Waals surface area contributed by atoms with Crippen molar-refractivity contribution in [3.8, 4) is 0 Å². The van der Waals surface area contributed by atoms with E-state index in [-0.39, 0.29) is 35.6 Å². The third-order valence-corrected chi connectivity index (χ3v) is 6.26. The Kier molecular flexibility index (Phi) is 7.52. The number of carbonyl (C=O) groups excluding carboxylic acids is 2. The molecular weight excluding hydrogens is 478 g/mol. The second kappa shape index (κ2) is 9.97. The van der Waals surface area contributed by atoms with Crippen LogP contribution in [0.1, 0.15) is 5.82 Å². The number of tetrazole rings is 1. The predicted molar refractivity (Wildman–Crippen MR) is 104 cm³/mol.